The van der Waals surface area contributed by atoms with Gasteiger partial charge in [-0.15, -0.1) is 0 Å². The molecule has 0 amide bonds. The van der Waals surface area contributed by atoms with Crippen LogP contribution in [0.15, 0.2) is 41.4 Å². The summed E-state index contributed by atoms with van der Waals surface area (Å²) in [5.41, 5.74) is 2.26. The van der Waals surface area contributed by atoms with Crippen molar-refractivity contribution in [1.82, 2.24) is 24.7 Å². The highest BCUT2D eigenvalue weighted by Crippen LogP contribution is 2.22. The van der Waals surface area contributed by atoms with Crippen LogP contribution in [0, 0.1) is 6.92 Å². The third-order valence-corrected chi connectivity index (χ3v) is 3.39. The molecule has 3 heterocycles. The molecule has 0 atom stereocenters. The average molecular weight is 344 g/mol. The number of carbonyl (C=O) groups is 1. The van der Waals surface area contributed by atoms with Crippen LogP contribution in [0.4, 0.5) is 0 Å². The number of halogens is 1. The Morgan fingerprint density at radius 3 is 2.62 bits per heavy atom. The first kappa shape index (κ1) is 13.6. The normalized spacial score (nSPS) is 10.6. The van der Waals surface area contributed by atoms with Gasteiger partial charge in [-0.1, -0.05) is 0 Å². The molecule has 0 aromatic carbocycles. The van der Waals surface area contributed by atoms with E-state index in [-0.39, 0.29) is 0 Å². The molecule has 3 rings (SSSR count). The molecule has 0 bridgehead atoms. The van der Waals surface area contributed by atoms with Gasteiger partial charge in [0.2, 0.25) is 0 Å². The smallest absolute Gasteiger partial charge is 0.153 e. The summed E-state index contributed by atoms with van der Waals surface area (Å²) in [5, 5.41) is 4.42. The summed E-state index contributed by atoms with van der Waals surface area (Å²) in [6.45, 7) is 1.83. The Balaban J connectivity index is 2.13. The Labute approximate surface area is 129 Å². The summed E-state index contributed by atoms with van der Waals surface area (Å²) in [6, 6.07) is 3.66. The highest BCUT2D eigenvalue weighted by Gasteiger charge is 2.15. The largest absolute Gasteiger partial charge is 0.298 e. The lowest BCUT2D eigenvalue weighted by Crippen LogP contribution is -1.98. The second-order valence-electron chi connectivity index (χ2n) is 4.32. The SMILES string of the molecule is Cc1nccnc1-c1nn(-c2ccc(Br)cn2)cc1C=O. The van der Waals surface area contributed by atoms with Gasteiger partial charge < -0.3 is 0 Å². The van der Waals surface area contributed by atoms with Crippen LogP contribution in [0.3, 0.4) is 0 Å². The van der Waals surface area contributed by atoms with E-state index in [1.54, 1.807) is 35.5 Å². The predicted octanol–water partition coefficient (Wildman–Crippen LogP) is 2.61. The van der Waals surface area contributed by atoms with Gasteiger partial charge in [0.15, 0.2) is 12.1 Å². The van der Waals surface area contributed by atoms with Crippen LogP contribution in [-0.2, 0) is 0 Å². The summed E-state index contributed by atoms with van der Waals surface area (Å²) in [6.07, 6.45) is 7.24. The number of hydrogen-bond donors (Lipinski definition) is 0. The van der Waals surface area contributed by atoms with Gasteiger partial charge in [-0.2, -0.15) is 5.10 Å². The molecule has 0 aliphatic carbocycles. The van der Waals surface area contributed by atoms with Crippen molar-refractivity contribution in [1.29, 1.82) is 0 Å². The van der Waals surface area contributed by atoms with E-state index in [1.165, 1.54) is 0 Å². The fourth-order valence-electron chi connectivity index (χ4n) is 1.92. The molecule has 0 fully saturated rings. The van der Waals surface area contributed by atoms with Crippen molar-refractivity contribution in [3.8, 4) is 17.2 Å². The fraction of sp³-hybridized carbons (Fsp3) is 0.0714. The van der Waals surface area contributed by atoms with Crippen LogP contribution >= 0.6 is 15.9 Å². The third-order valence-electron chi connectivity index (χ3n) is 2.92. The molecular formula is C14H10BrN5O. The molecule has 0 saturated carbocycles. The highest BCUT2D eigenvalue weighted by molar-refractivity contribution is 9.10. The van der Waals surface area contributed by atoms with Gasteiger partial charge in [0, 0.05) is 29.3 Å². The number of carbonyl (C=O) groups excluding carboxylic acids is 1. The van der Waals surface area contributed by atoms with Crippen molar-refractivity contribution in [3.05, 3.63) is 52.7 Å². The van der Waals surface area contributed by atoms with E-state index in [4.69, 9.17) is 0 Å². The Kier molecular flexibility index (Phi) is 3.57. The maximum absolute atomic E-state index is 11.3. The van der Waals surface area contributed by atoms with E-state index >= 15 is 0 Å². The first-order valence-corrected chi connectivity index (χ1v) is 6.93. The van der Waals surface area contributed by atoms with Crippen LogP contribution in [0.2, 0.25) is 0 Å². The van der Waals surface area contributed by atoms with Crippen molar-refractivity contribution in [2.45, 2.75) is 6.92 Å². The van der Waals surface area contributed by atoms with E-state index in [2.05, 4.69) is 36.0 Å². The van der Waals surface area contributed by atoms with Crippen LogP contribution in [0.5, 0.6) is 0 Å². The van der Waals surface area contributed by atoms with Gasteiger partial charge in [-0.05, 0) is 35.0 Å². The van der Waals surface area contributed by atoms with Crippen LogP contribution in [0.1, 0.15) is 16.1 Å². The molecule has 0 aliphatic heterocycles. The van der Waals surface area contributed by atoms with Crippen molar-refractivity contribution >= 4 is 22.2 Å². The molecule has 0 saturated heterocycles. The molecule has 6 nitrogen and oxygen atoms in total. The number of rotatable bonds is 3. The zero-order valence-electron chi connectivity index (χ0n) is 11.1. The lowest BCUT2D eigenvalue weighted by atomic mass is 10.2. The molecule has 104 valence electrons. The van der Waals surface area contributed by atoms with Crippen molar-refractivity contribution in [2.24, 2.45) is 0 Å². The lowest BCUT2D eigenvalue weighted by molar-refractivity contribution is 0.112. The van der Waals surface area contributed by atoms with Crippen LogP contribution in [-0.4, -0.2) is 31.0 Å². The minimum atomic E-state index is 0.448. The van der Waals surface area contributed by atoms with Gasteiger partial charge in [0.05, 0.1) is 11.3 Å². The molecule has 21 heavy (non-hydrogen) atoms. The van der Waals surface area contributed by atoms with Gasteiger partial charge >= 0.3 is 0 Å². The fourth-order valence-corrected chi connectivity index (χ4v) is 2.15. The topological polar surface area (TPSA) is 73.6 Å². The molecule has 0 N–H and O–H groups in total. The summed E-state index contributed by atoms with van der Waals surface area (Å²) >= 11 is 3.33. The minimum absolute atomic E-state index is 0.448. The van der Waals surface area contributed by atoms with Gasteiger partial charge in [0.1, 0.15) is 11.4 Å². The Hall–Kier alpha value is -2.41. The van der Waals surface area contributed by atoms with Crippen LogP contribution < -0.4 is 0 Å². The van der Waals surface area contributed by atoms with E-state index < -0.39 is 0 Å². The standard InChI is InChI=1S/C14H10BrN5O/c1-9-13(17-5-4-16-9)14-10(8-21)7-20(19-14)12-3-2-11(15)6-18-12/h2-8H,1H3. The van der Waals surface area contributed by atoms with Gasteiger partial charge in [-0.3, -0.25) is 14.8 Å². The molecule has 0 aliphatic rings. The monoisotopic (exact) mass is 343 g/mol. The van der Waals surface area contributed by atoms with Crippen LogP contribution in [0.25, 0.3) is 17.2 Å². The van der Waals surface area contributed by atoms with Crippen molar-refractivity contribution in [3.63, 3.8) is 0 Å². The van der Waals surface area contributed by atoms with Gasteiger partial charge in [-0.25, -0.2) is 9.67 Å². The minimum Gasteiger partial charge on any atom is -0.298 e. The number of aromatic nitrogens is 5. The summed E-state index contributed by atoms with van der Waals surface area (Å²) in [7, 11) is 0. The number of pyridine rings is 1. The van der Waals surface area contributed by atoms with E-state index in [1.807, 2.05) is 13.0 Å². The molecule has 3 aromatic rings. The lowest BCUT2D eigenvalue weighted by Gasteiger charge is -2.01. The number of aryl methyl sites for hydroxylation is 1. The molecule has 7 heteroatoms. The molecule has 3 aromatic heterocycles. The van der Waals surface area contributed by atoms with E-state index in [0.29, 0.717) is 22.8 Å². The first-order chi connectivity index (χ1) is 10.2. The van der Waals surface area contributed by atoms with Crippen molar-refractivity contribution < 1.29 is 4.79 Å². The Morgan fingerprint density at radius 2 is 1.95 bits per heavy atom. The average Bonchev–Trinajstić information content (AvgIpc) is 2.92. The van der Waals surface area contributed by atoms with E-state index in [9.17, 15) is 4.79 Å². The Morgan fingerprint density at radius 1 is 1.14 bits per heavy atom. The number of aldehydes is 1. The summed E-state index contributed by atoms with van der Waals surface area (Å²) in [4.78, 5) is 24.0. The highest BCUT2D eigenvalue weighted by atomic mass is 79.9. The second kappa shape index (κ2) is 5.53. The summed E-state index contributed by atoms with van der Waals surface area (Å²) < 4.78 is 2.43. The van der Waals surface area contributed by atoms with E-state index in [0.717, 1.165) is 16.5 Å². The molecule has 0 radical (unpaired) electrons. The predicted molar refractivity (Wildman–Crippen MR) is 80.2 cm³/mol. The first-order valence-electron chi connectivity index (χ1n) is 6.14. The second-order valence-corrected chi connectivity index (χ2v) is 5.24. The summed E-state index contributed by atoms with van der Waals surface area (Å²) in [5.74, 6) is 0.620. The molecule has 0 unspecified atom stereocenters. The number of hydrogen-bond acceptors (Lipinski definition) is 5. The zero-order chi connectivity index (χ0) is 14.8. The maximum Gasteiger partial charge on any atom is 0.153 e. The third kappa shape index (κ3) is 2.59. The van der Waals surface area contributed by atoms with Crippen molar-refractivity contribution in [2.75, 3.05) is 0 Å². The molecular weight excluding hydrogens is 334 g/mol. The quantitative estimate of drug-likeness (QED) is 0.683. The zero-order valence-corrected chi connectivity index (χ0v) is 12.6. The number of nitrogens with zero attached hydrogens (tertiary/aromatic N) is 5. The maximum atomic E-state index is 11.3. The van der Waals surface area contributed by atoms with Gasteiger partial charge in [0.25, 0.3) is 0 Å². The Bertz CT molecular complexity index is 797. The molecule has 0 spiro atoms.